The molecule has 0 heterocycles. The molecule has 5 nitrogen and oxygen atoms in total. The van der Waals surface area contributed by atoms with Crippen LogP contribution in [0.4, 0.5) is 0 Å². The van der Waals surface area contributed by atoms with E-state index >= 15 is 0 Å². The average molecular weight is 219 g/mol. The summed E-state index contributed by atoms with van der Waals surface area (Å²) < 4.78 is 9.47. The third kappa shape index (κ3) is 1.86. The fourth-order valence-corrected chi connectivity index (χ4v) is 1.30. The van der Waals surface area contributed by atoms with Crippen LogP contribution < -0.4 is 4.74 Å². The van der Waals surface area contributed by atoms with E-state index in [4.69, 9.17) is 10.00 Å². The Balaban J connectivity index is 3.56. The number of benzene rings is 1. The third-order valence-electron chi connectivity index (χ3n) is 2.06. The minimum atomic E-state index is -0.712. The first-order valence-electron chi connectivity index (χ1n) is 4.34. The number of ether oxygens (including phenoxy) is 2. The van der Waals surface area contributed by atoms with Gasteiger partial charge >= 0.3 is 5.97 Å². The molecule has 82 valence electrons. The predicted octanol–water partition coefficient (Wildman–Crippen LogP) is 1.17. The van der Waals surface area contributed by atoms with Gasteiger partial charge in [0.05, 0.1) is 31.4 Å². The lowest BCUT2D eigenvalue weighted by Gasteiger charge is -2.09. The Morgan fingerprint density at radius 3 is 2.56 bits per heavy atom. The molecular weight excluding hydrogens is 210 g/mol. The summed E-state index contributed by atoms with van der Waals surface area (Å²) in [5, 5.41) is 8.79. The van der Waals surface area contributed by atoms with Crippen molar-refractivity contribution in [2.75, 3.05) is 14.2 Å². The first-order chi connectivity index (χ1) is 7.69. The lowest BCUT2D eigenvalue weighted by atomic mass is 10.0. The molecule has 0 N–H and O–H groups in total. The molecule has 1 aromatic rings. The van der Waals surface area contributed by atoms with Gasteiger partial charge in [0.25, 0.3) is 0 Å². The number of aldehydes is 1. The zero-order chi connectivity index (χ0) is 12.1. The molecule has 0 fully saturated rings. The van der Waals surface area contributed by atoms with E-state index in [0.717, 1.165) is 0 Å². The summed E-state index contributed by atoms with van der Waals surface area (Å²) in [6.45, 7) is 0. The van der Waals surface area contributed by atoms with Crippen LogP contribution in [0, 0.1) is 11.3 Å². The van der Waals surface area contributed by atoms with E-state index < -0.39 is 5.97 Å². The molecule has 0 aliphatic rings. The zero-order valence-electron chi connectivity index (χ0n) is 8.81. The van der Waals surface area contributed by atoms with Crippen LogP contribution in [0.15, 0.2) is 12.1 Å². The Bertz CT molecular complexity index is 474. The number of nitrogens with zero attached hydrogens (tertiary/aromatic N) is 1. The van der Waals surface area contributed by atoms with Gasteiger partial charge in [-0.15, -0.1) is 0 Å². The van der Waals surface area contributed by atoms with Gasteiger partial charge < -0.3 is 9.47 Å². The number of carbonyl (C=O) groups is 2. The molecule has 0 bridgehead atoms. The smallest absolute Gasteiger partial charge is 0.342 e. The number of hydrogen-bond acceptors (Lipinski definition) is 5. The second kappa shape index (κ2) is 4.94. The highest BCUT2D eigenvalue weighted by Gasteiger charge is 2.20. The van der Waals surface area contributed by atoms with Gasteiger partial charge in [-0.3, -0.25) is 4.79 Å². The van der Waals surface area contributed by atoms with E-state index in [1.54, 1.807) is 0 Å². The summed E-state index contributed by atoms with van der Waals surface area (Å²) in [4.78, 5) is 22.4. The monoisotopic (exact) mass is 219 g/mol. The summed E-state index contributed by atoms with van der Waals surface area (Å²) >= 11 is 0. The SMILES string of the molecule is COC(=O)c1c(OC)ccc(C#N)c1C=O. The van der Waals surface area contributed by atoms with Gasteiger partial charge in [0.2, 0.25) is 0 Å². The van der Waals surface area contributed by atoms with Crippen LogP contribution in [0.5, 0.6) is 5.75 Å². The quantitative estimate of drug-likeness (QED) is 0.563. The Morgan fingerprint density at radius 2 is 2.12 bits per heavy atom. The number of hydrogen-bond donors (Lipinski definition) is 0. The first kappa shape index (κ1) is 11.7. The van der Waals surface area contributed by atoms with Crippen LogP contribution in [0.1, 0.15) is 26.3 Å². The Labute approximate surface area is 92.2 Å². The molecule has 16 heavy (non-hydrogen) atoms. The van der Waals surface area contributed by atoms with Crippen molar-refractivity contribution in [3.05, 3.63) is 28.8 Å². The molecule has 0 unspecified atom stereocenters. The minimum absolute atomic E-state index is 0.0197. The maximum Gasteiger partial charge on any atom is 0.342 e. The zero-order valence-corrected chi connectivity index (χ0v) is 8.81. The molecule has 5 heteroatoms. The van der Waals surface area contributed by atoms with Crippen molar-refractivity contribution in [3.8, 4) is 11.8 Å². The summed E-state index contributed by atoms with van der Waals surface area (Å²) in [7, 11) is 2.55. The molecule has 0 radical (unpaired) electrons. The second-order valence-corrected chi connectivity index (χ2v) is 2.83. The van der Waals surface area contributed by atoms with Crippen LogP contribution in [0.2, 0.25) is 0 Å². The maximum atomic E-state index is 11.5. The Kier molecular flexibility index (Phi) is 3.62. The summed E-state index contributed by atoms with van der Waals surface area (Å²) in [5.74, 6) is -0.510. The summed E-state index contributed by atoms with van der Waals surface area (Å²) in [6, 6.07) is 4.68. The second-order valence-electron chi connectivity index (χ2n) is 2.83. The van der Waals surface area contributed by atoms with Gasteiger partial charge in [-0.05, 0) is 12.1 Å². The van der Waals surface area contributed by atoms with E-state index in [1.165, 1.54) is 26.4 Å². The number of carbonyl (C=O) groups excluding carboxylic acids is 2. The van der Waals surface area contributed by atoms with Crippen molar-refractivity contribution in [1.29, 1.82) is 5.26 Å². The molecule has 0 aliphatic carbocycles. The van der Waals surface area contributed by atoms with E-state index in [2.05, 4.69) is 4.74 Å². The molecule has 0 aromatic heterocycles. The Morgan fingerprint density at radius 1 is 1.44 bits per heavy atom. The fourth-order valence-electron chi connectivity index (χ4n) is 1.30. The number of methoxy groups -OCH3 is 2. The predicted molar refractivity (Wildman–Crippen MR) is 54.4 cm³/mol. The standard InChI is InChI=1S/C11H9NO4/c1-15-9-4-3-7(5-12)8(6-13)10(9)11(14)16-2/h3-4,6H,1-2H3. The van der Waals surface area contributed by atoms with E-state index in [0.29, 0.717) is 6.29 Å². The lowest BCUT2D eigenvalue weighted by Crippen LogP contribution is -2.09. The average Bonchev–Trinajstić information content (AvgIpc) is 2.35. The number of rotatable bonds is 3. The van der Waals surface area contributed by atoms with Crippen molar-refractivity contribution in [2.24, 2.45) is 0 Å². The molecule has 1 rings (SSSR count). The summed E-state index contributed by atoms with van der Waals surface area (Å²) in [6.07, 6.45) is 0.438. The van der Waals surface area contributed by atoms with Crippen LogP contribution in [-0.2, 0) is 4.74 Å². The van der Waals surface area contributed by atoms with Crippen LogP contribution in [-0.4, -0.2) is 26.5 Å². The fraction of sp³-hybridized carbons (Fsp3) is 0.182. The third-order valence-corrected chi connectivity index (χ3v) is 2.06. The van der Waals surface area contributed by atoms with Gasteiger partial charge in [0.1, 0.15) is 11.3 Å². The molecule has 1 aromatic carbocycles. The molecule has 0 saturated carbocycles. The summed E-state index contributed by atoms with van der Waals surface area (Å²) in [5.41, 5.74) is 0.0592. The van der Waals surface area contributed by atoms with Crippen molar-refractivity contribution in [2.45, 2.75) is 0 Å². The molecule has 0 amide bonds. The van der Waals surface area contributed by atoms with Crippen molar-refractivity contribution in [1.82, 2.24) is 0 Å². The van der Waals surface area contributed by atoms with Gasteiger partial charge in [-0.25, -0.2) is 4.79 Å². The van der Waals surface area contributed by atoms with E-state index in [-0.39, 0.29) is 22.4 Å². The molecule has 0 saturated heterocycles. The molecule has 0 atom stereocenters. The highest BCUT2D eigenvalue weighted by Crippen LogP contribution is 2.24. The van der Waals surface area contributed by atoms with Gasteiger partial charge in [0, 0.05) is 0 Å². The maximum absolute atomic E-state index is 11.5. The highest BCUT2D eigenvalue weighted by atomic mass is 16.5. The van der Waals surface area contributed by atoms with Crippen LogP contribution >= 0.6 is 0 Å². The topological polar surface area (TPSA) is 76.4 Å². The minimum Gasteiger partial charge on any atom is -0.496 e. The van der Waals surface area contributed by atoms with Gasteiger partial charge in [0.15, 0.2) is 6.29 Å². The van der Waals surface area contributed by atoms with Crippen molar-refractivity contribution < 1.29 is 19.1 Å². The largest absolute Gasteiger partial charge is 0.496 e. The van der Waals surface area contributed by atoms with Crippen LogP contribution in [0.3, 0.4) is 0 Å². The van der Waals surface area contributed by atoms with Gasteiger partial charge in [-0.1, -0.05) is 0 Å². The number of esters is 1. The highest BCUT2D eigenvalue weighted by molar-refractivity contribution is 6.02. The van der Waals surface area contributed by atoms with E-state index in [9.17, 15) is 9.59 Å². The Hall–Kier alpha value is -2.35. The normalized spacial score (nSPS) is 9.06. The van der Waals surface area contributed by atoms with Gasteiger partial charge in [-0.2, -0.15) is 5.26 Å². The lowest BCUT2D eigenvalue weighted by molar-refractivity contribution is 0.0594. The van der Waals surface area contributed by atoms with Crippen molar-refractivity contribution >= 4 is 12.3 Å². The molecule has 0 aliphatic heterocycles. The van der Waals surface area contributed by atoms with Crippen molar-refractivity contribution in [3.63, 3.8) is 0 Å². The number of nitriles is 1. The molecular formula is C11H9NO4. The van der Waals surface area contributed by atoms with E-state index in [1.807, 2.05) is 6.07 Å². The first-order valence-corrected chi connectivity index (χ1v) is 4.34. The van der Waals surface area contributed by atoms with Crippen LogP contribution in [0.25, 0.3) is 0 Å². The molecule has 0 spiro atoms.